The van der Waals surface area contributed by atoms with Crippen molar-refractivity contribution < 1.29 is 9.79 Å². The summed E-state index contributed by atoms with van der Waals surface area (Å²) in [6, 6.07) is 7.39. The first-order valence-corrected chi connectivity index (χ1v) is 6.19. The quantitative estimate of drug-likeness (QED) is 0.843. The zero-order valence-corrected chi connectivity index (χ0v) is 9.48. The molecule has 0 bridgehead atoms. The Bertz CT molecular complexity index is 675. The molecule has 0 saturated heterocycles. The SMILES string of the molecule is [2H]c1ccnc(Nc2cccc(S(N)(=O)=O)c2)n1. The predicted octanol–water partition coefficient (Wildman–Crippen LogP) is 0.868. The number of nitrogens with two attached hydrogens (primary N) is 1. The average molecular weight is 251 g/mol. The van der Waals surface area contributed by atoms with E-state index in [9.17, 15) is 8.42 Å². The molecule has 0 saturated carbocycles. The summed E-state index contributed by atoms with van der Waals surface area (Å²) < 4.78 is 29.7. The number of anilines is 2. The topological polar surface area (TPSA) is 98.0 Å². The first kappa shape index (κ1) is 10.2. The van der Waals surface area contributed by atoms with Gasteiger partial charge in [0.1, 0.15) is 0 Å². The number of aromatic nitrogens is 2. The summed E-state index contributed by atoms with van der Waals surface area (Å²) in [7, 11) is -3.74. The van der Waals surface area contributed by atoms with Crippen LogP contribution in [0.25, 0.3) is 0 Å². The second-order valence-electron chi connectivity index (χ2n) is 3.21. The average Bonchev–Trinajstić information content (AvgIpc) is 2.28. The van der Waals surface area contributed by atoms with Crippen LogP contribution in [-0.2, 0) is 10.0 Å². The van der Waals surface area contributed by atoms with Crippen molar-refractivity contribution in [3.05, 3.63) is 42.7 Å². The molecule has 0 spiro atoms. The van der Waals surface area contributed by atoms with Gasteiger partial charge in [0.05, 0.1) is 6.27 Å². The summed E-state index contributed by atoms with van der Waals surface area (Å²) in [6.07, 6.45) is 1.50. The summed E-state index contributed by atoms with van der Waals surface area (Å²) in [5.74, 6) is 0.217. The van der Waals surface area contributed by atoms with Gasteiger partial charge in [-0.2, -0.15) is 0 Å². The Morgan fingerprint density at radius 1 is 1.29 bits per heavy atom. The first-order valence-electron chi connectivity index (χ1n) is 5.15. The molecule has 0 amide bonds. The molecule has 1 aromatic heterocycles. The van der Waals surface area contributed by atoms with Gasteiger partial charge in [0.25, 0.3) is 0 Å². The Kier molecular flexibility index (Phi) is 2.68. The molecule has 2 aromatic rings. The van der Waals surface area contributed by atoms with Crippen LogP contribution in [0.3, 0.4) is 0 Å². The largest absolute Gasteiger partial charge is 0.324 e. The number of nitrogens with zero attached hydrogens (tertiary/aromatic N) is 2. The number of nitrogens with one attached hydrogen (secondary N) is 1. The molecule has 0 fully saturated rings. The highest BCUT2D eigenvalue weighted by atomic mass is 32.2. The second-order valence-corrected chi connectivity index (χ2v) is 4.77. The summed E-state index contributed by atoms with van der Waals surface area (Å²) in [6.45, 7) is 0. The molecule has 88 valence electrons. The Morgan fingerprint density at radius 3 is 2.82 bits per heavy atom. The Labute approximate surface area is 100.0 Å². The maximum absolute atomic E-state index is 11.2. The molecule has 1 heterocycles. The van der Waals surface area contributed by atoms with E-state index in [4.69, 9.17) is 6.51 Å². The molecule has 0 aliphatic carbocycles. The van der Waals surface area contributed by atoms with Gasteiger partial charge in [-0.3, -0.25) is 0 Å². The van der Waals surface area contributed by atoms with E-state index in [0.717, 1.165) is 0 Å². The molecular weight excluding hydrogens is 240 g/mol. The van der Waals surface area contributed by atoms with Gasteiger partial charge in [0.2, 0.25) is 16.0 Å². The lowest BCUT2D eigenvalue weighted by Crippen LogP contribution is -2.12. The van der Waals surface area contributed by atoms with E-state index in [1.165, 1.54) is 24.4 Å². The van der Waals surface area contributed by atoms with Gasteiger partial charge < -0.3 is 5.32 Å². The van der Waals surface area contributed by atoms with E-state index < -0.39 is 10.0 Å². The molecule has 0 aliphatic heterocycles. The lowest BCUT2D eigenvalue weighted by Gasteiger charge is -2.05. The summed E-state index contributed by atoms with van der Waals surface area (Å²) in [5, 5.41) is 7.82. The Hall–Kier alpha value is -1.99. The molecule has 6 nitrogen and oxygen atoms in total. The fourth-order valence-corrected chi connectivity index (χ4v) is 1.77. The fraction of sp³-hybridized carbons (Fsp3) is 0. The molecule has 0 unspecified atom stereocenters. The van der Waals surface area contributed by atoms with Crippen molar-refractivity contribution in [1.29, 1.82) is 0 Å². The van der Waals surface area contributed by atoms with Crippen LogP contribution in [0.1, 0.15) is 1.37 Å². The number of rotatable bonds is 3. The Balaban J connectivity index is 2.30. The van der Waals surface area contributed by atoms with E-state index in [1.807, 2.05) is 0 Å². The summed E-state index contributed by atoms with van der Waals surface area (Å²) >= 11 is 0. The highest BCUT2D eigenvalue weighted by molar-refractivity contribution is 7.89. The van der Waals surface area contributed by atoms with Crippen LogP contribution < -0.4 is 10.5 Å². The van der Waals surface area contributed by atoms with Gasteiger partial charge in [-0.15, -0.1) is 0 Å². The van der Waals surface area contributed by atoms with Gasteiger partial charge in [-0.1, -0.05) is 6.07 Å². The second kappa shape index (κ2) is 4.48. The molecule has 0 radical (unpaired) electrons. The minimum Gasteiger partial charge on any atom is -0.324 e. The molecule has 2 rings (SSSR count). The van der Waals surface area contributed by atoms with Crippen LogP contribution in [0.2, 0.25) is 0 Å². The third-order valence-electron chi connectivity index (χ3n) is 1.94. The molecule has 1 aromatic carbocycles. The van der Waals surface area contributed by atoms with Crippen molar-refractivity contribution in [1.82, 2.24) is 9.97 Å². The summed E-state index contributed by atoms with van der Waals surface area (Å²) in [5.41, 5.74) is 0.479. The van der Waals surface area contributed by atoms with Crippen LogP contribution in [0.5, 0.6) is 0 Å². The van der Waals surface area contributed by atoms with Gasteiger partial charge in [0.15, 0.2) is 0 Å². The number of benzene rings is 1. The van der Waals surface area contributed by atoms with Crippen molar-refractivity contribution >= 4 is 21.7 Å². The van der Waals surface area contributed by atoms with Crippen LogP contribution in [0, 0.1) is 0 Å². The van der Waals surface area contributed by atoms with Gasteiger partial charge in [0, 0.05) is 18.1 Å². The van der Waals surface area contributed by atoms with Crippen LogP contribution in [0.15, 0.2) is 47.6 Å². The monoisotopic (exact) mass is 251 g/mol. The van der Waals surface area contributed by atoms with Crippen molar-refractivity contribution in [2.24, 2.45) is 5.14 Å². The predicted molar refractivity (Wildman–Crippen MR) is 63.1 cm³/mol. The number of primary sulfonamides is 1. The standard InChI is InChI=1S/C10H10N4O2S/c11-17(15,16)9-4-1-3-8(7-9)14-10-12-5-2-6-13-10/h1-7H,(H2,11,15,16)(H,12,13,14)/i5D. The van der Waals surface area contributed by atoms with E-state index >= 15 is 0 Å². The van der Waals surface area contributed by atoms with Crippen molar-refractivity contribution in [2.75, 3.05) is 5.32 Å². The van der Waals surface area contributed by atoms with Crippen molar-refractivity contribution in [2.45, 2.75) is 4.90 Å². The highest BCUT2D eigenvalue weighted by Crippen LogP contribution is 2.16. The van der Waals surface area contributed by atoms with E-state index in [2.05, 4.69) is 15.3 Å². The third kappa shape index (κ3) is 2.99. The van der Waals surface area contributed by atoms with Gasteiger partial charge in [-0.25, -0.2) is 23.5 Å². The molecule has 7 heteroatoms. The minimum atomic E-state index is -3.74. The van der Waals surface area contributed by atoms with E-state index in [0.29, 0.717) is 5.69 Å². The molecule has 3 N–H and O–H groups in total. The van der Waals surface area contributed by atoms with Crippen LogP contribution >= 0.6 is 0 Å². The summed E-state index contributed by atoms with van der Waals surface area (Å²) in [4.78, 5) is 7.72. The molecule has 17 heavy (non-hydrogen) atoms. The molecule has 0 aliphatic rings. The van der Waals surface area contributed by atoms with Gasteiger partial charge in [-0.05, 0) is 24.3 Å². The fourth-order valence-electron chi connectivity index (χ4n) is 1.21. The normalized spacial score (nSPS) is 11.9. The van der Waals surface area contributed by atoms with E-state index in [1.54, 1.807) is 12.1 Å². The number of sulfonamides is 1. The van der Waals surface area contributed by atoms with Crippen LogP contribution in [0.4, 0.5) is 11.6 Å². The number of hydrogen-bond donors (Lipinski definition) is 2. The number of hydrogen-bond acceptors (Lipinski definition) is 5. The van der Waals surface area contributed by atoms with E-state index in [-0.39, 0.29) is 17.0 Å². The van der Waals surface area contributed by atoms with Crippen LogP contribution in [-0.4, -0.2) is 18.4 Å². The lowest BCUT2D eigenvalue weighted by molar-refractivity contribution is 0.598. The lowest BCUT2D eigenvalue weighted by atomic mass is 10.3. The molecular formula is C10H10N4O2S. The Morgan fingerprint density at radius 2 is 2.12 bits per heavy atom. The highest BCUT2D eigenvalue weighted by Gasteiger charge is 2.08. The third-order valence-corrected chi connectivity index (χ3v) is 2.85. The van der Waals surface area contributed by atoms with Crippen molar-refractivity contribution in [3.8, 4) is 0 Å². The maximum Gasteiger partial charge on any atom is 0.238 e. The maximum atomic E-state index is 11.2. The van der Waals surface area contributed by atoms with Crippen molar-refractivity contribution in [3.63, 3.8) is 0 Å². The zero-order valence-electron chi connectivity index (χ0n) is 9.66. The van der Waals surface area contributed by atoms with Gasteiger partial charge >= 0.3 is 0 Å². The molecule has 0 atom stereocenters. The zero-order chi connectivity index (χ0) is 13.2. The smallest absolute Gasteiger partial charge is 0.238 e. The minimum absolute atomic E-state index is 0.00507. The first-order chi connectivity index (χ1) is 8.45.